The molecule has 7 heteroatoms. The number of nitrogens with zero attached hydrogens (tertiary/aromatic N) is 2. The molecule has 1 aromatic carbocycles. The average molecular weight is 356 g/mol. The molecule has 1 heterocycles. The molecule has 0 bridgehead atoms. The Labute approximate surface area is 147 Å². The molecule has 2 N–H and O–H groups in total. The topological polar surface area (TPSA) is 39.7 Å². The van der Waals surface area contributed by atoms with Crippen molar-refractivity contribution >= 4 is 5.96 Å². The summed E-state index contributed by atoms with van der Waals surface area (Å²) < 4.78 is 37.5. The predicted octanol–water partition coefficient (Wildman–Crippen LogP) is 2.98. The van der Waals surface area contributed by atoms with Gasteiger partial charge in [0.05, 0.1) is 6.54 Å². The largest absolute Gasteiger partial charge is 0.401 e. The van der Waals surface area contributed by atoms with Crippen molar-refractivity contribution in [1.82, 2.24) is 15.5 Å². The molecule has 1 saturated heterocycles. The van der Waals surface area contributed by atoms with Gasteiger partial charge in [-0.05, 0) is 18.9 Å². The predicted molar refractivity (Wildman–Crippen MR) is 94.9 cm³/mol. The summed E-state index contributed by atoms with van der Waals surface area (Å²) in [4.78, 5) is 6.04. The number of alkyl halides is 3. The second-order valence-electron chi connectivity index (χ2n) is 6.51. The first kappa shape index (κ1) is 19.6. The number of hydrogen-bond acceptors (Lipinski definition) is 2. The third-order valence-corrected chi connectivity index (χ3v) is 4.25. The lowest BCUT2D eigenvalue weighted by molar-refractivity contribution is -0.143. The van der Waals surface area contributed by atoms with Crippen LogP contribution in [0.4, 0.5) is 13.2 Å². The number of halogens is 3. The van der Waals surface area contributed by atoms with Crippen molar-refractivity contribution in [2.45, 2.75) is 38.4 Å². The van der Waals surface area contributed by atoms with Crippen molar-refractivity contribution in [2.75, 3.05) is 32.7 Å². The van der Waals surface area contributed by atoms with E-state index in [0.717, 1.165) is 0 Å². The Kier molecular flexibility index (Phi) is 7.11. The van der Waals surface area contributed by atoms with Crippen molar-refractivity contribution in [3.63, 3.8) is 0 Å². The number of likely N-dealkylation sites (tertiary alicyclic amines) is 1. The van der Waals surface area contributed by atoms with E-state index in [0.29, 0.717) is 38.6 Å². The average Bonchev–Trinajstić information content (AvgIpc) is 2.98. The highest BCUT2D eigenvalue weighted by atomic mass is 19.4. The first-order chi connectivity index (χ1) is 11.9. The highest BCUT2D eigenvalue weighted by Crippen LogP contribution is 2.20. The van der Waals surface area contributed by atoms with Gasteiger partial charge < -0.3 is 10.6 Å². The van der Waals surface area contributed by atoms with E-state index < -0.39 is 12.7 Å². The lowest BCUT2D eigenvalue weighted by Gasteiger charge is -2.20. The van der Waals surface area contributed by atoms with Crippen molar-refractivity contribution in [1.29, 1.82) is 0 Å². The van der Waals surface area contributed by atoms with Crippen molar-refractivity contribution in [3.8, 4) is 0 Å². The molecule has 1 aliphatic rings. The fourth-order valence-corrected chi connectivity index (χ4v) is 2.98. The van der Waals surface area contributed by atoms with Crippen LogP contribution in [0.2, 0.25) is 0 Å². The summed E-state index contributed by atoms with van der Waals surface area (Å²) in [6, 6.07) is 10.1. The molecular formula is C18H27F3N4. The Bertz CT molecular complexity index is 545. The Balaban J connectivity index is 1.88. The van der Waals surface area contributed by atoms with E-state index in [1.54, 1.807) is 0 Å². The van der Waals surface area contributed by atoms with E-state index in [-0.39, 0.29) is 12.0 Å². The Morgan fingerprint density at radius 2 is 2.04 bits per heavy atom. The summed E-state index contributed by atoms with van der Waals surface area (Å²) in [5.41, 5.74) is 1.22. The molecule has 0 saturated carbocycles. The maximum absolute atomic E-state index is 12.5. The minimum atomic E-state index is -4.14. The van der Waals surface area contributed by atoms with E-state index in [4.69, 9.17) is 0 Å². The van der Waals surface area contributed by atoms with Crippen LogP contribution in [0.3, 0.4) is 0 Å². The number of aliphatic imine (C=N–C) groups is 1. The number of rotatable bonds is 6. The summed E-state index contributed by atoms with van der Waals surface area (Å²) in [5.74, 6) is 0.950. The summed E-state index contributed by atoms with van der Waals surface area (Å²) in [7, 11) is 0. The minimum absolute atomic E-state index is 0.00724. The lowest BCUT2D eigenvalue weighted by atomic mass is 10.0. The van der Waals surface area contributed by atoms with E-state index in [1.165, 1.54) is 10.5 Å². The molecule has 0 spiro atoms. The van der Waals surface area contributed by atoms with Crippen LogP contribution in [0.25, 0.3) is 0 Å². The van der Waals surface area contributed by atoms with Gasteiger partial charge in [0.15, 0.2) is 5.96 Å². The summed E-state index contributed by atoms with van der Waals surface area (Å²) in [6.45, 7) is 5.42. The summed E-state index contributed by atoms with van der Waals surface area (Å²) >= 11 is 0. The van der Waals surface area contributed by atoms with Crippen LogP contribution in [-0.4, -0.2) is 55.8 Å². The fourth-order valence-electron chi connectivity index (χ4n) is 2.98. The molecule has 140 valence electrons. The molecule has 2 unspecified atom stereocenters. The fraction of sp³-hybridized carbons (Fsp3) is 0.611. The van der Waals surface area contributed by atoms with Gasteiger partial charge in [-0.3, -0.25) is 9.89 Å². The van der Waals surface area contributed by atoms with Crippen LogP contribution in [0.1, 0.15) is 31.7 Å². The number of guanidine groups is 1. The maximum Gasteiger partial charge on any atom is 0.401 e. The Hall–Kier alpha value is -1.76. The molecule has 0 aliphatic carbocycles. The van der Waals surface area contributed by atoms with Gasteiger partial charge in [0.2, 0.25) is 0 Å². The Morgan fingerprint density at radius 1 is 1.32 bits per heavy atom. The Morgan fingerprint density at radius 3 is 2.68 bits per heavy atom. The van der Waals surface area contributed by atoms with Gasteiger partial charge in [0.1, 0.15) is 0 Å². The van der Waals surface area contributed by atoms with Gasteiger partial charge in [-0.2, -0.15) is 13.2 Å². The van der Waals surface area contributed by atoms with Gasteiger partial charge in [-0.15, -0.1) is 0 Å². The highest BCUT2D eigenvalue weighted by molar-refractivity contribution is 5.80. The first-order valence-corrected chi connectivity index (χ1v) is 8.76. The molecular weight excluding hydrogens is 329 g/mol. The van der Waals surface area contributed by atoms with Crippen LogP contribution in [-0.2, 0) is 0 Å². The molecule has 1 aromatic rings. The zero-order valence-corrected chi connectivity index (χ0v) is 14.8. The van der Waals surface area contributed by atoms with Crippen molar-refractivity contribution in [3.05, 3.63) is 35.9 Å². The van der Waals surface area contributed by atoms with Crippen molar-refractivity contribution < 1.29 is 13.2 Å². The quantitative estimate of drug-likeness (QED) is 0.608. The summed E-state index contributed by atoms with van der Waals surface area (Å²) in [5, 5.41) is 6.45. The van der Waals surface area contributed by atoms with Crippen LogP contribution in [0.15, 0.2) is 35.3 Å². The monoisotopic (exact) mass is 356 g/mol. The first-order valence-electron chi connectivity index (χ1n) is 8.76. The third-order valence-electron chi connectivity index (χ3n) is 4.25. The molecule has 2 rings (SSSR count). The molecule has 2 atom stereocenters. The van der Waals surface area contributed by atoms with Gasteiger partial charge in [-0.25, -0.2) is 0 Å². The maximum atomic E-state index is 12.5. The summed E-state index contributed by atoms with van der Waals surface area (Å²) in [6.07, 6.45) is -3.45. The van der Waals surface area contributed by atoms with Gasteiger partial charge in [0, 0.05) is 38.1 Å². The molecule has 0 radical (unpaired) electrons. The highest BCUT2D eigenvalue weighted by Gasteiger charge is 2.34. The molecule has 0 aromatic heterocycles. The van der Waals surface area contributed by atoms with Crippen molar-refractivity contribution in [2.24, 2.45) is 4.99 Å². The number of nitrogens with one attached hydrogen (secondary N) is 2. The molecule has 25 heavy (non-hydrogen) atoms. The van der Waals surface area contributed by atoms with E-state index >= 15 is 0 Å². The van der Waals surface area contributed by atoms with E-state index in [2.05, 4.69) is 34.7 Å². The lowest BCUT2D eigenvalue weighted by Crippen LogP contribution is -2.45. The number of benzene rings is 1. The minimum Gasteiger partial charge on any atom is -0.357 e. The zero-order chi connectivity index (χ0) is 18.3. The van der Waals surface area contributed by atoms with Gasteiger partial charge in [0.25, 0.3) is 0 Å². The molecule has 0 amide bonds. The van der Waals surface area contributed by atoms with Gasteiger partial charge >= 0.3 is 6.18 Å². The molecule has 1 aliphatic heterocycles. The number of hydrogen-bond donors (Lipinski definition) is 2. The second kappa shape index (κ2) is 9.08. The molecule has 4 nitrogen and oxygen atoms in total. The third kappa shape index (κ3) is 6.94. The SMILES string of the molecule is CCNC(=NCC(C)c1ccccc1)NC1CCN(CC(F)(F)F)C1. The van der Waals surface area contributed by atoms with Crippen LogP contribution >= 0.6 is 0 Å². The molecule has 1 fully saturated rings. The smallest absolute Gasteiger partial charge is 0.357 e. The van der Waals surface area contributed by atoms with E-state index in [1.807, 2.05) is 25.1 Å². The van der Waals surface area contributed by atoms with Crippen LogP contribution in [0, 0.1) is 0 Å². The van der Waals surface area contributed by atoms with Crippen LogP contribution < -0.4 is 10.6 Å². The standard InChI is InChI=1S/C18H27F3N4/c1-3-22-17(23-11-14(2)15-7-5-4-6-8-15)24-16-9-10-25(12-16)13-18(19,20)21/h4-8,14,16H,3,9-13H2,1-2H3,(H2,22,23,24). The zero-order valence-electron chi connectivity index (χ0n) is 14.8. The van der Waals surface area contributed by atoms with Gasteiger partial charge in [-0.1, -0.05) is 37.3 Å². The normalized spacial score (nSPS) is 20.5. The van der Waals surface area contributed by atoms with E-state index in [9.17, 15) is 13.2 Å². The van der Waals surface area contributed by atoms with Crippen LogP contribution in [0.5, 0.6) is 0 Å². The second-order valence-corrected chi connectivity index (χ2v) is 6.51.